The van der Waals surface area contributed by atoms with Crippen LogP contribution in [0.4, 0.5) is 5.69 Å². The van der Waals surface area contributed by atoms with Crippen LogP contribution in [-0.2, 0) is 16.3 Å². The van der Waals surface area contributed by atoms with E-state index in [1.807, 2.05) is 6.92 Å². The van der Waals surface area contributed by atoms with Crippen LogP contribution in [0.3, 0.4) is 0 Å². The summed E-state index contributed by atoms with van der Waals surface area (Å²) in [4.78, 5) is -0.244. The second kappa shape index (κ2) is 7.66. The second-order valence-corrected chi connectivity index (χ2v) is 6.91. The van der Waals surface area contributed by atoms with Gasteiger partial charge in [0.05, 0.1) is 12.0 Å². The average molecular weight is 342 g/mol. The van der Waals surface area contributed by atoms with Crippen LogP contribution >= 0.6 is 0 Å². The molecule has 0 saturated carbocycles. The molecule has 0 aliphatic carbocycles. The van der Waals surface area contributed by atoms with Gasteiger partial charge >= 0.3 is 0 Å². The molecule has 6 heteroatoms. The van der Waals surface area contributed by atoms with Gasteiger partial charge < -0.3 is 10.1 Å². The van der Waals surface area contributed by atoms with E-state index in [2.05, 4.69) is 5.32 Å². The molecule has 24 heavy (non-hydrogen) atoms. The first kappa shape index (κ1) is 17.6. The van der Waals surface area contributed by atoms with E-state index < -0.39 is 9.84 Å². The van der Waals surface area contributed by atoms with Crippen LogP contribution in [0.15, 0.2) is 64.5 Å². The Morgan fingerprint density at radius 3 is 2.29 bits per heavy atom. The highest BCUT2D eigenvalue weighted by Crippen LogP contribution is 2.21. The van der Waals surface area contributed by atoms with E-state index in [9.17, 15) is 13.7 Å². The third-order valence-corrected chi connectivity index (χ3v) is 5.18. The first-order chi connectivity index (χ1) is 11.5. The number of nitrogens with one attached hydrogen (secondary N) is 1. The summed E-state index contributed by atoms with van der Waals surface area (Å²) in [6.07, 6.45) is 2.02. The molecule has 0 unspecified atom stereocenters. The molecule has 0 bridgehead atoms. The van der Waals surface area contributed by atoms with Gasteiger partial charge in [-0.15, -0.1) is 0 Å². The van der Waals surface area contributed by atoms with Crippen molar-refractivity contribution in [2.24, 2.45) is 0 Å². The lowest BCUT2D eigenvalue weighted by Gasteiger charge is -2.06. The van der Waals surface area contributed by atoms with Gasteiger partial charge in [-0.2, -0.15) is 5.26 Å². The van der Waals surface area contributed by atoms with Crippen LogP contribution in [0.1, 0.15) is 12.5 Å². The summed E-state index contributed by atoms with van der Waals surface area (Å²) in [6, 6.07) is 15.2. The second-order valence-electron chi connectivity index (χ2n) is 4.99. The van der Waals surface area contributed by atoms with Gasteiger partial charge in [0.25, 0.3) is 0 Å². The van der Waals surface area contributed by atoms with E-state index in [0.29, 0.717) is 11.4 Å². The zero-order valence-corrected chi connectivity index (χ0v) is 14.3. The van der Waals surface area contributed by atoms with E-state index >= 15 is 0 Å². The molecule has 1 N–H and O–H groups in total. The maximum atomic E-state index is 12.5. The fraction of sp³-hybridized carbons (Fsp3) is 0.167. The van der Waals surface area contributed by atoms with Gasteiger partial charge in [-0.25, -0.2) is 8.42 Å². The Bertz CT molecular complexity index is 862. The zero-order valence-electron chi connectivity index (χ0n) is 13.5. The number of anilines is 1. The molecule has 0 radical (unpaired) electrons. The molecular weight excluding hydrogens is 324 g/mol. The number of aryl methyl sites for hydroxylation is 1. The summed E-state index contributed by atoms with van der Waals surface area (Å²) in [5, 5.41) is 12.1. The van der Waals surface area contributed by atoms with E-state index in [1.165, 1.54) is 18.3 Å². The van der Waals surface area contributed by atoms with Gasteiger partial charge in [0.1, 0.15) is 11.8 Å². The molecular formula is C18H18N2O3S. The molecule has 0 spiro atoms. The minimum Gasteiger partial charge on any atom is -0.497 e. The van der Waals surface area contributed by atoms with Gasteiger partial charge in [-0.1, -0.05) is 19.1 Å². The molecule has 0 fully saturated rings. The molecule has 0 heterocycles. The van der Waals surface area contributed by atoms with Crippen LogP contribution in [0.2, 0.25) is 0 Å². The quantitative estimate of drug-likeness (QED) is 0.813. The first-order valence-electron chi connectivity index (χ1n) is 7.36. The maximum Gasteiger partial charge on any atom is 0.218 e. The van der Waals surface area contributed by atoms with Crippen LogP contribution in [-0.4, -0.2) is 15.5 Å². The molecule has 5 nitrogen and oxygen atoms in total. The van der Waals surface area contributed by atoms with Crippen molar-refractivity contribution in [1.82, 2.24) is 0 Å². The number of nitriles is 1. The Balaban J connectivity index is 2.25. The van der Waals surface area contributed by atoms with Crippen LogP contribution in [0, 0.1) is 11.3 Å². The molecule has 2 aromatic rings. The molecule has 0 aliphatic rings. The Kier molecular flexibility index (Phi) is 5.61. The molecule has 0 saturated heterocycles. The van der Waals surface area contributed by atoms with Gasteiger partial charge in [0, 0.05) is 11.9 Å². The van der Waals surface area contributed by atoms with Crippen molar-refractivity contribution in [2.75, 3.05) is 12.4 Å². The summed E-state index contributed by atoms with van der Waals surface area (Å²) in [6.45, 7) is 1.99. The number of ether oxygens (including phenoxy) is 1. The highest BCUT2D eigenvalue weighted by Gasteiger charge is 2.20. The first-order valence-corrected chi connectivity index (χ1v) is 8.84. The maximum absolute atomic E-state index is 12.5. The number of hydrogen-bond donors (Lipinski definition) is 1. The lowest BCUT2D eigenvalue weighted by atomic mass is 10.2. The van der Waals surface area contributed by atoms with Gasteiger partial charge in [-0.05, 0) is 48.4 Å². The Hall–Kier alpha value is -2.78. The molecule has 2 aromatic carbocycles. The summed E-state index contributed by atoms with van der Waals surface area (Å²) < 4.78 is 30.1. The van der Waals surface area contributed by atoms with Gasteiger partial charge in [0.15, 0.2) is 4.91 Å². The Labute approximate surface area is 142 Å². The molecule has 0 amide bonds. The lowest BCUT2D eigenvalue weighted by Crippen LogP contribution is -2.05. The lowest BCUT2D eigenvalue weighted by molar-refractivity contribution is 0.415. The molecule has 0 atom stereocenters. The van der Waals surface area contributed by atoms with E-state index in [4.69, 9.17) is 4.74 Å². The monoisotopic (exact) mass is 342 g/mol. The standard InChI is InChI=1S/C18H18N2O3S/c1-3-14-4-10-17(11-5-14)24(21,22)18(12-19)13-20-15-6-8-16(23-2)9-7-15/h4-11,13,20H,3H2,1-2H3. The van der Waals surface area contributed by atoms with Crippen molar-refractivity contribution >= 4 is 15.5 Å². The summed E-state index contributed by atoms with van der Waals surface area (Å²) >= 11 is 0. The highest BCUT2D eigenvalue weighted by molar-refractivity contribution is 7.95. The van der Waals surface area contributed by atoms with Crippen LogP contribution in [0.25, 0.3) is 0 Å². The van der Waals surface area contributed by atoms with Gasteiger partial charge in [0.2, 0.25) is 9.84 Å². The Morgan fingerprint density at radius 1 is 1.17 bits per heavy atom. The highest BCUT2D eigenvalue weighted by atomic mass is 32.2. The SMILES string of the molecule is CCc1ccc(S(=O)(=O)C(C#N)=CNc2ccc(OC)cc2)cc1. The normalized spacial score (nSPS) is 11.6. The number of nitrogens with zero attached hydrogens (tertiary/aromatic N) is 1. The van der Waals surface area contributed by atoms with Crippen LogP contribution < -0.4 is 10.1 Å². The van der Waals surface area contributed by atoms with Crippen molar-refractivity contribution in [3.8, 4) is 11.8 Å². The number of allylic oxidation sites excluding steroid dienone is 1. The molecule has 124 valence electrons. The number of sulfone groups is 1. The average Bonchev–Trinajstić information content (AvgIpc) is 2.62. The third kappa shape index (κ3) is 3.94. The number of rotatable bonds is 6. The number of benzene rings is 2. The van der Waals surface area contributed by atoms with Crippen molar-refractivity contribution < 1.29 is 13.2 Å². The van der Waals surface area contributed by atoms with E-state index in [1.54, 1.807) is 49.6 Å². The van der Waals surface area contributed by atoms with Crippen LogP contribution in [0.5, 0.6) is 5.75 Å². The molecule has 0 aromatic heterocycles. The zero-order chi connectivity index (χ0) is 17.6. The molecule has 2 rings (SSSR count). The van der Waals surface area contributed by atoms with E-state index in [0.717, 1.165) is 12.0 Å². The summed E-state index contributed by atoms with van der Waals surface area (Å²) in [5.41, 5.74) is 1.69. The largest absolute Gasteiger partial charge is 0.497 e. The fourth-order valence-electron chi connectivity index (χ4n) is 2.04. The van der Waals surface area contributed by atoms with Crippen molar-refractivity contribution in [1.29, 1.82) is 5.26 Å². The van der Waals surface area contributed by atoms with E-state index in [-0.39, 0.29) is 9.80 Å². The summed E-state index contributed by atoms with van der Waals surface area (Å²) in [5.74, 6) is 0.689. The molecule has 0 aliphatic heterocycles. The smallest absolute Gasteiger partial charge is 0.218 e. The topological polar surface area (TPSA) is 79.2 Å². The van der Waals surface area contributed by atoms with Crippen molar-refractivity contribution in [3.63, 3.8) is 0 Å². The minimum absolute atomic E-state index is 0.101. The summed E-state index contributed by atoms with van der Waals surface area (Å²) in [7, 11) is -2.28. The minimum atomic E-state index is -3.85. The predicted octanol–water partition coefficient (Wildman–Crippen LogP) is 3.51. The number of hydrogen-bond acceptors (Lipinski definition) is 5. The van der Waals surface area contributed by atoms with Gasteiger partial charge in [-0.3, -0.25) is 0 Å². The predicted molar refractivity (Wildman–Crippen MR) is 93.3 cm³/mol. The van der Waals surface area contributed by atoms with Crippen molar-refractivity contribution in [3.05, 3.63) is 65.2 Å². The van der Waals surface area contributed by atoms with Crippen molar-refractivity contribution in [2.45, 2.75) is 18.2 Å². The third-order valence-electron chi connectivity index (χ3n) is 3.50. The number of methoxy groups -OCH3 is 1. The Morgan fingerprint density at radius 2 is 1.79 bits per heavy atom. The fourth-order valence-corrected chi connectivity index (χ4v) is 3.12.